The van der Waals surface area contributed by atoms with Crippen LogP contribution in [0.5, 0.6) is 11.5 Å². The minimum absolute atomic E-state index is 0.00312. The third-order valence-corrected chi connectivity index (χ3v) is 5.98. The number of esters is 1. The molecular formula is C27H16O8. The molecule has 2 aliphatic rings. The lowest BCUT2D eigenvalue weighted by Crippen LogP contribution is -2.21. The van der Waals surface area contributed by atoms with Crippen LogP contribution < -0.4 is 9.47 Å². The summed E-state index contributed by atoms with van der Waals surface area (Å²) in [5, 5.41) is 9.11. The number of hydrogen-bond acceptors (Lipinski definition) is 7. The number of hydrogen-bond donors (Lipinski definition) is 1. The predicted molar refractivity (Wildman–Crippen MR) is 121 cm³/mol. The average molecular weight is 468 g/mol. The van der Waals surface area contributed by atoms with Gasteiger partial charge in [-0.2, -0.15) is 0 Å². The highest BCUT2D eigenvalue weighted by atomic mass is 16.5. The van der Waals surface area contributed by atoms with Gasteiger partial charge in [0, 0.05) is 17.2 Å². The Kier molecular flexibility index (Phi) is 4.67. The van der Waals surface area contributed by atoms with Crippen LogP contribution in [0.1, 0.15) is 50.1 Å². The lowest BCUT2D eigenvalue weighted by Gasteiger charge is -2.24. The average Bonchev–Trinajstić information content (AvgIpc) is 3.60. The molecule has 4 aromatic rings. The molecule has 1 N–H and O–H groups in total. The van der Waals surface area contributed by atoms with Gasteiger partial charge < -0.3 is 23.4 Å². The molecule has 2 aromatic carbocycles. The molecule has 0 radical (unpaired) electrons. The summed E-state index contributed by atoms with van der Waals surface area (Å²) < 4.78 is 22.8. The van der Waals surface area contributed by atoms with E-state index < -0.39 is 17.9 Å². The first-order valence-corrected chi connectivity index (χ1v) is 10.8. The molecule has 2 aromatic heterocycles. The van der Waals surface area contributed by atoms with Crippen LogP contribution in [-0.4, -0.2) is 22.8 Å². The normalized spacial score (nSPS) is 17.6. The Morgan fingerprint density at radius 2 is 1.80 bits per heavy atom. The maximum Gasteiger partial charge on any atom is 0.335 e. The van der Waals surface area contributed by atoms with Crippen molar-refractivity contribution < 1.29 is 37.8 Å². The number of Topliss-reactive ketones (excluding diaryl/α,β-unsaturated/α-hetero) is 1. The smallest absolute Gasteiger partial charge is 0.335 e. The van der Waals surface area contributed by atoms with Gasteiger partial charge in [-0.3, -0.25) is 9.59 Å². The summed E-state index contributed by atoms with van der Waals surface area (Å²) in [4.78, 5) is 36.5. The van der Waals surface area contributed by atoms with Gasteiger partial charge in [-0.25, -0.2) is 4.79 Å². The van der Waals surface area contributed by atoms with E-state index in [9.17, 15) is 14.4 Å². The predicted octanol–water partition coefficient (Wildman–Crippen LogP) is 5.30. The minimum atomic E-state index is -1.02. The maximum absolute atomic E-state index is 13.0. The Labute approximate surface area is 198 Å². The molecule has 0 amide bonds. The van der Waals surface area contributed by atoms with Gasteiger partial charge in [0.05, 0.1) is 29.7 Å². The fourth-order valence-electron chi connectivity index (χ4n) is 4.32. The van der Waals surface area contributed by atoms with E-state index in [4.69, 9.17) is 23.4 Å². The number of ketones is 1. The van der Waals surface area contributed by atoms with Crippen LogP contribution in [0.2, 0.25) is 0 Å². The topological polar surface area (TPSA) is 116 Å². The van der Waals surface area contributed by atoms with Crippen LogP contribution >= 0.6 is 0 Å². The molecule has 0 saturated carbocycles. The standard InChI is InChI=1S/C27H16O8/c28-23-13-18(20-10-9-19(33-20)14-3-5-15(6-4-14)27(30)31)24-21(34-23)8-7-17-25(29)22(35-26(17)24)12-16-2-1-11-32-16/h1-12,18H,13H2,(H,30,31). The molecule has 1 atom stereocenters. The second-order valence-electron chi connectivity index (χ2n) is 8.12. The van der Waals surface area contributed by atoms with E-state index in [2.05, 4.69) is 0 Å². The molecule has 8 heteroatoms. The first-order chi connectivity index (χ1) is 17.0. The van der Waals surface area contributed by atoms with Crippen molar-refractivity contribution in [2.24, 2.45) is 0 Å². The number of carboxylic acids is 1. The van der Waals surface area contributed by atoms with Gasteiger partial charge in [-0.1, -0.05) is 12.1 Å². The fraction of sp³-hybridized carbons (Fsp3) is 0.0741. The Morgan fingerprint density at radius 3 is 2.54 bits per heavy atom. The van der Waals surface area contributed by atoms with Gasteiger partial charge in [-0.15, -0.1) is 0 Å². The quantitative estimate of drug-likeness (QED) is 0.244. The highest BCUT2D eigenvalue weighted by molar-refractivity contribution is 6.15. The van der Waals surface area contributed by atoms with Crippen molar-refractivity contribution in [2.45, 2.75) is 12.3 Å². The van der Waals surface area contributed by atoms with Crippen molar-refractivity contribution in [1.82, 2.24) is 0 Å². The van der Waals surface area contributed by atoms with Crippen LogP contribution in [0.25, 0.3) is 17.4 Å². The first-order valence-electron chi connectivity index (χ1n) is 10.8. The largest absolute Gasteiger partial charge is 0.478 e. The van der Waals surface area contributed by atoms with Crippen molar-refractivity contribution in [1.29, 1.82) is 0 Å². The molecule has 2 aliphatic heterocycles. The molecule has 0 spiro atoms. The van der Waals surface area contributed by atoms with Crippen molar-refractivity contribution >= 4 is 23.8 Å². The van der Waals surface area contributed by atoms with Crippen LogP contribution in [0, 0.1) is 0 Å². The number of benzene rings is 2. The lowest BCUT2D eigenvalue weighted by atomic mass is 9.88. The molecule has 35 heavy (non-hydrogen) atoms. The van der Waals surface area contributed by atoms with E-state index >= 15 is 0 Å². The highest BCUT2D eigenvalue weighted by Gasteiger charge is 2.39. The zero-order chi connectivity index (χ0) is 24.1. The van der Waals surface area contributed by atoms with Gasteiger partial charge in [0.2, 0.25) is 5.78 Å². The van der Waals surface area contributed by atoms with E-state index in [1.54, 1.807) is 48.5 Å². The maximum atomic E-state index is 13.0. The number of carboxylic acid groups (broad SMARTS) is 1. The number of ether oxygens (including phenoxy) is 2. The molecule has 1 unspecified atom stereocenters. The van der Waals surface area contributed by atoms with E-state index in [-0.39, 0.29) is 23.5 Å². The van der Waals surface area contributed by atoms with Gasteiger partial charge in [0.25, 0.3) is 0 Å². The summed E-state index contributed by atoms with van der Waals surface area (Å²) in [6.07, 6.45) is 3.02. The molecule has 8 nitrogen and oxygen atoms in total. The van der Waals surface area contributed by atoms with E-state index in [1.165, 1.54) is 24.5 Å². The molecule has 4 heterocycles. The molecule has 172 valence electrons. The van der Waals surface area contributed by atoms with Crippen molar-refractivity contribution in [3.05, 3.63) is 101 Å². The highest BCUT2D eigenvalue weighted by Crippen LogP contribution is 2.49. The SMILES string of the molecule is O=C1CC(c2ccc(-c3ccc(C(=O)O)cc3)o2)c2c(ccc3c2OC(=Cc2ccco2)C3=O)O1. The minimum Gasteiger partial charge on any atom is -0.478 e. The van der Waals surface area contributed by atoms with Crippen molar-refractivity contribution in [2.75, 3.05) is 0 Å². The number of carbonyl (C=O) groups is 3. The van der Waals surface area contributed by atoms with Crippen molar-refractivity contribution in [3.8, 4) is 22.8 Å². The molecular weight excluding hydrogens is 452 g/mol. The summed E-state index contributed by atoms with van der Waals surface area (Å²) in [6, 6.07) is 16.4. The first kappa shape index (κ1) is 20.7. The number of carbonyl (C=O) groups excluding carboxylic acids is 2. The lowest BCUT2D eigenvalue weighted by molar-refractivity contribution is -0.135. The Morgan fingerprint density at radius 1 is 0.971 bits per heavy atom. The third-order valence-electron chi connectivity index (χ3n) is 5.98. The molecule has 0 aliphatic carbocycles. The number of fused-ring (bicyclic) bond motifs is 3. The number of furan rings is 2. The third kappa shape index (κ3) is 3.52. The van der Waals surface area contributed by atoms with E-state index in [0.717, 1.165) is 0 Å². The monoisotopic (exact) mass is 468 g/mol. The zero-order valence-electron chi connectivity index (χ0n) is 18.0. The van der Waals surface area contributed by atoms with E-state index in [0.29, 0.717) is 45.5 Å². The Bertz CT molecular complexity index is 1520. The summed E-state index contributed by atoms with van der Waals surface area (Å²) in [6.45, 7) is 0. The fourth-order valence-corrected chi connectivity index (χ4v) is 4.32. The van der Waals surface area contributed by atoms with Gasteiger partial charge in [0.1, 0.15) is 28.8 Å². The van der Waals surface area contributed by atoms with Gasteiger partial charge >= 0.3 is 11.9 Å². The summed E-state index contributed by atoms with van der Waals surface area (Å²) in [5.74, 6) is -0.0570. The van der Waals surface area contributed by atoms with Crippen molar-refractivity contribution in [3.63, 3.8) is 0 Å². The Hall–Kier alpha value is -4.85. The summed E-state index contributed by atoms with van der Waals surface area (Å²) in [7, 11) is 0. The van der Waals surface area contributed by atoms with Crippen LogP contribution in [0.3, 0.4) is 0 Å². The van der Waals surface area contributed by atoms with Crippen LogP contribution in [0.4, 0.5) is 0 Å². The molecule has 0 bridgehead atoms. The summed E-state index contributed by atoms with van der Waals surface area (Å²) >= 11 is 0. The second kappa shape index (κ2) is 7.88. The van der Waals surface area contributed by atoms with Crippen LogP contribution in [-0.2, 0) is 4.79 Å². The Balaban J connectivity index is 1.39. The number of rotatable bonds is 4. The molecule has 0 saturated heterocycles. The van der Waals surface area contributed by atoms with Crippen LogP contribution in [0.15, 0.2) is 81.5 Å². The molecule has 0 fully saturated rings. The second-order valence-corrected chi connectivity index (χ2v) is 8.12. The number of aromatic carboxylic acids is 1. The van der Waals surface area contributed by atoms with E-state index in [1.807, 2.05) is 0 Å². The molecule has 6 rings (SSSR count). The summed E-state index contributed by atoms with van der Waals surface area (Å²) in [5.41, 5.74) is 1.77. The van der Waals surface area contributed by atoms with Gasteiger partial charge in [-0.05, 0) is 48.5 Å². The van der Waals surface area contributed by atoms with Gasteiger partial charge in [0.15, 0.2) is 5.76 Å². The number of allylic oxidation sites excluding steroid dienone is 1. The zero-order valence-corrected chi connectivity index (χ0v) is 18.0.